The Balaban J connectivity index is 1.26. The van der Waals surface area contributed by atoms with Gasteiger partial charge < -0.3 is 15.6 Å². The van der Waals surface area contributed by atoms with Crippen molar-refractivity contribution in [3.05, 3.63) is 111 Å². The van der Waals surface area contributed by atoms with Crippen LogP contribution in [0.5, 0.6) is 0 Å². The summed E-state index contributed by atoms with van der Waals surface area (Å²) < 4.78 is 0. The lowest BCUT2D eigenvalue weighted by atomic mass is 9.92. The number of halogens is 1. The van der Waals surface area contributed by atoms with Crippen LogP contribution in [0.2, 0.25) is 0 Å². The molecule has 0 radical (unpaired) electrons. The monoisotopic (exact) mass is 469 g/mol. The number of hydrogen-bond donors (Lipinski definition) is 3. The Labute approximate surface area is 200 Å². The normalized spacial score (nSPS) is 13.2. The number of amides is 1. The SMILES string of the molecule is Cc1cc2cc(NC(=O)c3ccc(CNC4=C(Cl)C(=O)c5ccccc5C4=O)cc3)ccc2[nH]1. The number of nitrogens with one attached hydrogen (secondary N) is 3. The molecule has 0 spiro atoms. The van der Waals surface area contributed by atoms with Gasteiger partial charge >= 0.3 is 0 Å². The number of benzene rings is 3. The summed E-state index contributed by atoms with van der Waals surface area (Å²) in [5.74, 6) is -0.910. The van der Waals surface area contributed by atoms with E-state index in [0.29, 0.717) is 22.4 Å². The van der Waals surface area contributed by atoms with E-state index in [1.165, 1.54) is 0 Å². The maximum Gasteiger partial charge on any atom is 0.255 e. The lowest BCUT2D eigenvalue weighted by Gasteiger charge is -2.19. The highest BCUT2D eigenvalue weighted by atomic mass is 35.5. The number of rotatable bonds is 5. The lowest BCUT2D eigenvalue weighted by molar-refractivity contribution is 0.0974. The zero-order chi connectivity index (χ0) is 23.8. The van der Waals surface area contributed by atoms with E-state index in [9.17, 15) is 14.4 Å². The van der Waals surface area contributed by atoms with Gasteiger partial charge in [-0.25, -0.2) is 0 Å². The third kappa shape index (κ3) is 4.00. The van der Waals surface area contributed by atoms with E-state index in [-0.39, 0.29) is 34.7 Å². The minimum Gasteiger partial charge on any atom is -0.376 e. The van der Waals surface area contributed by atoms with Crippen molar-refractivity contribution in [3.8, 4) is 0 Å². The zero-order valence-corrected chi connectivity index (χ0v) is 19.0. The first-order valence-corrected chi connectivity index (χ1v) is 11.1. The molecule has 7 heteroatoms. The number of ketones is 2. The van der Waals surface area contributed by atoms with Gasteiger partial charge in [0.05, 0.1) is 0 Å². The van der Waals surface area contributed by atoms with Gasteiger partial charge in [0.2, 0.25) is 11.6 Å². The van der Waals surface area contributed by atoms with Crippen molar-refractivity contribution in [3.63, 3.8) is 0 Å². The van der Waals surface area contributed by atoms with E-state index in [4.69, 9.17) is 11.6 Å². The van der Waals surface area contributed by atoms with Crippen molar-refractivity contribution in [2.45, 2.75) is 13.5 Å². The van der Waals surface area contributed by atoms with Crippen LogP contribution in [0, 0.1) is 6.92 Å². The molecule has 0 bridgehead atoms. The first kappa shape index (κ1) is 21.7. The fourth-order valence-corrected chi connectivity index (χ4v) is 4.28. The number of allylic oxidation sites excluding steroid dienone is 2. The zero-order valence-electron chi connectivity index (χ0n) is 18.2. The molecule has 3 N–H and O–H groups in total. The van der Waals surface area contributed by atoms with Crippen molar-refractivity contribution in [1.82, 2.24) is 10.3 Å². The molecular weight excluding hydrogens is 450 g/mol. The maximum absolute atomic E-state index is 12.8. The Bertz CT molecular complexity index is 1500. The van der Waals surface area contributed by atoms with E-state index in [2.05, 4.69) is 15.6 Å². The molecule has 0 saturated heterocycles. The number of H-pyrrole nitrogens is 1. The van der Waals surface area contributed by atoms with Gasteiger partial charge in [0.1, 0.15) is 10.7 Å². The number of aromatic amines is 1. The second kappa shape index (κ2) is 8.65. The van der Waals surface area contributed by atoms with E-state index in [1.807, 2.05) is 31.2 Å². The molecule has 1 amide bonds. The van der Waals surface area contributed by atoms with Crippen molar-refractivity contribution >= 4 is 45.7 Å². The predicted octanol–water partition coefficient (Wildman–Crippen LogP) is 5.35. The van der Waals surface area contributed by atoms with Crippen LogP contribution in [0.3, 0.4) is 0 Å². The first-order chi connectivity index (χ1) is 16.4. The first-order valence-electron chi connectivity index (χ1n) is 10.7. The van der Waals surface area contributed by atoms with E-state index < -0.39 is 0 Å². The third-order valence-electron chi connectivity index (χ3n) is 5.76. The number of Topliss-reactive ketones (excluding diaryl/α,β-unsaturated/α-hetero) is 2. The molecule has 0 aliphatic heterocycles. The number of carbonyl (C=O) groups excluding carboxylic acids is 3. The molecule has 4 aromatic rings. The van der Waals surface area contributed by atoms with Crippen LogP contribution in [0.4, 0.5) is 5.69 Å². The molecule has 34 heavy (non-hydrogen) atoms. The van der Waals surface area contributed by atoms with Crippen LogP contribution in [0.1, 0.15) is 42.3 Å². The van der Waals surface area contributed by atoms with E-state index in [1.54, 1.807) is 48.5 Å². The Morgan fingerprint density at radius 2 is 1.62 bits per heavy atom. The predicted molar refractivity (Wildman–Crippen MR) is 132 cm³/mol. The molecule has 0 saturated carbocycles. The molecular formula is C27H20ClN3O3. The van der Waals surface area contributed by atoms with Crippen molar-refractivity contribution in [2.75, 3.05) is 5.32 Å². The largest absolute Gasteiger partial charge is 0.376 e. The number of carbonyl (C=O) groups is 3. The molecule has 5 rings (SSSR count). The fraction of sp³-hybridized carbons (Fsp3) is 0.0741. The number of hydrogen-bond acceptors (Lipinski definition) is 4. The average Bonchev–Trinajstić information content (AvgIpc) is 3.22. The molecule has 1 aliphatic rings. The Morgan fingerprint density at radius 3 is 2.35 bits per heavy atom. The summed E-state index contributed by atoms with van der Waals surface area (Å²) in [5, 5.41) is 6.82. The van der Waals surface area contributed by atoms with Gasteiger partial charge in [0, 0.05) is 45.5 Å². The minimum atomic E-state index is -0.376. The summed E-state index contributed by atoms with van der Waals surface area (Å²) >= 11 is 6.20. The van der Waals surface area contributed by atoms with Crippen LogP contribution in [0.25, 0.3) is 10.9 Å². The summed E-state index contributed by atoms with van der Waals surface area (Å²) in [7, 11) is 0. The summed E-state index contributed by atoms with van der Waals surface area (Å²) in [6.45, 7) is 2.26. The summed E-state index contributed by atoms with van der Waals surface area (Å²) in [6, 6.07) is 21.4. The van der Waals surface area contributed by atoms with Gasteiger partial charge in [-0.2, -0.15) is 0 Å². The highest BCUT2D eigenvalue weighted by Gasteiger charge is 2.30. The minimum absolute atomic E-state index is 0.0857. The van der Waals surface area contributed by atoms with E-state index >= 15 is 0 Å². The topological polar surface area (TPSA) is 91.1 Å². The Morgan fingerprint density at radius 1 is 0.912 bits per heavy atom. The molecule has 1 heterocycles. The fourth-order valence-electron chi connectivity index (χ4n) is 4.03. The van der Waals surface area contributed by atoms with Gasteiger partial charge in [-0.05, 0) is 48.9 Å². The molecule has 0 fully saturated rings. The van der Waals surface area contributed by atoms with Gasteiger partial charge in [-0.1, -0.05) is 48.0 Å². The molecule has 1 aromatic heterocycles. The van der Waals surface area contributed by atoms with Crippen LogP contribution in [-0.4, -0.2) is 22.5 Å². The van der Waals surface area contributed by atoms with Gasteiger partial charge in [-0.3, -0.25) is 14.4 Å². The number of fused-ring (bicyclic) bond motifs is 2. The van der Waals surface area contributed by atoms with Gasteiger partial charge in [0.15, 0.2) is 0 Å². The summed E-state index contributed by atoms with van der Waals surface area (Å²) in [4.78, 5) is 41.2. The molecule has 1 aliphatic carbocycles. The van der Waals surface area contributed by atoms with Crippen LogP contribution >= 0.6 is 11.6 Å². The second-order valence-corrected chi connectivity index (χ2v) is 8.53. The number of anilines is 1. The maximum atomic E-state index is 12.8. The number of aryl methyl sites for hydroxylation is 1. The van der Waals surface area contributed by atoms with Crippen molar-refractivity contribution < 1.29 is 14.4 Å². The molecule has 3 aromatic carbocycles. The average molecular weight is 470 g/mol. The second-order valence-electron chi connectivity index (χ2n) is 8.15. The molecule has 168 valence electrons. The van der Waals surface area contributed by atoms with Crippen LogP contribution in [-0.2, 0) is 6.54 Å². The van der Waals surface area contributed by atoms with Crippen LogP contribution < -0.4 is 10.6 Å². The highest BCUT2D eigenvalue weighted by Crippen LogP contribution is 2.27. The van der Waals surface area contributed by atoms with Crippen LogP contribution in [0.15, 0.2) is 83.5 Å². The highest BCUT2D eigenvalue weighted by molar-refractivity contribution is 6.49. The summed E-state index contributed by atoms with van der Waals surface area (Å²) in [6.07, 6.45) is 0. The Hall–Kier alpha value is -4.16. The molecule has 6 nitrogen and oxygen atoms in total. The lowest BCUT2D eigenvalue weighted by Crippen LogP contribution is -2.28. The van der Waals surface area contributed by atoms with E-state index in [0.717, 1.165) is 22.2 Å². The van der Waals surface area contributed by atoms with Crippen molar-refractivity contribution in [1.29, 1.82) is 0 Å². The van der Waals surface area contributed by atoms with Gasteiger partial charge in [-0.15, -0.1) is 0 Å². The van der Waals surface area contributed by atoms with Crippen molar-refractivity contribution in [2.24, 2.45) is 0 Å². The number of aromatic nitrogens is 1. The van der Waals surface area contributed by atoms with Gasteiger partial charge in [0.25, 0.3) is 5.91 Å². The Kier molecular flexibility index (Phi) is 5.51. The molecule has 0 unspecified atom stereocenters. The standard InChI is InChI=1S/C27H20ClN3O3/c1-15-12-18-13-19(10-11-22(18)30-15)31-27(34)17-8-6-16(7-9-17)14-29-24-23(28)25(32)20-4-2-3-5-21(20)26(24)33/h2-13,29-30H,14H2,1H3,(H,31,34). The smallest absolute Gasteiger partial charge is 0.255 e. The quantitative estimate of drug-likeness (QED) is 0.367. The molecule has 0 atom stereocenters. The third-order valence-corrected chi connectivity index (χ3v) is 6.12. The summed E-state index contributed by atoms with van der Waals surface area (Å²) in [5.41, 5.74) is 4.85.